The van der Waals surface area contributed by atoms with E-state index in [1.54, 1.807) is 24.3 Å². The van der Waals surface area contributed by atoms with Crippen LogP contribution in [0.2, 0.25) is 0 Å². The molecule has 0 aromatic heterocycles. The molecule has 160 valence electrons. The van der Waals surface area contributed by atoms with Crippen molar-refractivity contribution < 1.29 is 18.0 Å². The molecule has 3 aromatic carbocycles. The van der Waals surface area contributed by atoms with Crippen LogP contribution in [0.5, 0.6) is 0 Å². The molecule has 0 spiro atoms. The van der Waals surface area contributed by atoms with Crippen molar-refractivity contribution in [2.75, 3.05) is 11.1 Å². The second-order valence-electron chi connectivity index (χ2n) is 6.54. The third kappa shape index (κ3) is 6.42. The summed E-state index contributed by atoms with van der Waals surface area (Å²) in [6, 6.07) is 21.9. The smallest absolute Gasteiger partial charge is 0.255 e. The summed E-state index contributed by atoms with van der Waals surface area (Å²) in [5.74, 6) is -0.854. The van der Waals surface area contributed by atoms with Crippen molar-refractivity contribution in [3.8, 4) is 0 Å². The van der Waals surface area contributed by atoms with Crippen molar-refractivity contribution in [2.45, 2.75) is 16.3 Å². The molecule has 31 heavy (non-hydrogen) atoms. The first kappa shape index (κ1) is 22.5. The van der Waals surface area contributed by atoms with E-state index in [1.165, 1.54) is 36.0 Å². The molecule has 0 bridgehead atoms. The molecule has 0 saturated heterocycles. The van der Waals surface area contributed by atoms with Gasteiger partial charge in [0.05, 0.1) is 16.3 Å². The minimum Gasteiger partial charge on any atom is -0.369 e. The van der Waals surface area contributed by atoms with E-state index in [1.807, 2.05) is 30.3 Å². The van der Waals surface area contributed by atoms with Crippen molar-refractivity contribution in [1.29, 1.82) is 0 Å². The number of nitrogens with one attached hydrogen (secondary N) is 2. The summed E-state index contributed by atoms with van der Waals surface area (Å²) in [7, 11) is -3.80. The van der Waals surface area contributed by atoms with E-state index in [2.05, 4.69) is 10.0 Å². The monoisotopic (exact) mass is 455 g/mol. The molecule has 0 aliphatic heterocycles. The average Bonchev–Trinajstić information content (AvgIpc) is 2.78. The number of benzene rings is 3. The number of anilines is 1. The first-order valence-corrected chi connectivity index (χ1v) is 11.8. The lowest BCUT2D eigenvalue weighted by atomic mass is 10.2. The van der Waals surface area contributed by atoms with E-state index in [4.69, 9.17) is 5.73 Å². The van der Waals surface area contributed by atoms with E-state index in [0.717, 1.165) is 5.56 Å². The Morgan fingerprint density at radius 1 is 0.903 bits per heavy atom. The molecule has 0 aliphatic rings. The normalized spacial score (nSPS) is 11.1. The minimum absolute atomic E-state index is 0.00697. The van der Waals surface area contributed by atoms with Crippen LogP contribution in [0.25, 0.3) is 0 Å². The van der Waals surface area contributed by atoms with Gasteiger partial charge in [0.2, 0.25) is 15.9 Å². The summed E-state index contributed by atoms with van der Waals surface area (Å²) < 4.78 is 27.8. The van der Waals surface area contributed by atoms with E-state index in [0.29, 0.717) is 10.6 Å². The molecule has 3 rings (SSSR count). The Kier molecular flexibility index (Phi) is 7.45. The van der Waals surface area contributed by atoms with Crippen LogP contribution in [-0.4, -0.2) is 26.0 Å². The standard InChI is InChI=1S/C22H21N3O4S2/c23-21(26)15-30-20-12-5-4-11-19(20)25-22(27)17-9-6-10-18(13-17)31(28,29)24-14-16-7-2-1-3-8-16/h1-13,24H,14-15H2,(H2,23,26)(H,25,27). The van der Waals surface area contributed by atoms with Gasteiger partial charge in [-0.15, -0.1) is 11.8 Å². The lowest BCUT2D eigenvalue weighted by Crippen LogP contribution is -2.23. The molecule has 9 heteroatoms. The Morgan fingerprint density at radius 3 is 2.35 bits per heavy atom. The summed E-state index contributed by atoms with van der Waals surface area (Å²) in [6.07, 6.45) is 0. The molecule has 0 aliphatic carbocycles. The third-order valence-electron chi connectivity index (χ3n) is 4.22. The number of para-hydroxylation sites is 1. The number of carbonyl (C=O) groups excluding carboxylic acids is 2. The summed E-state index contributed by atoms with van der Waals surface area (Å²) in [4.78, 5) is 24.5. The fourth-order valence-electron chi connectivity index (χ4n) is 2.70. The maximum absolute atomic E-state index is 12.7. The van der Waals surface area contributed by atoms with Crippen LogP contribution < -0.4 is 15.8 Å². The highest BCUT2D eigenvalue weighted by Gasteiger charge is 2.17. The van der Waals surface area contributed by atoms with Gasteiger partial charge in [-0.25, -0.2) is 13.1 Å². The van der Waals surface area contributed by atoms with Gasteiger partial charge in [-0.05, 0) is 35.9 Å². The Labute approximate surface area is 185 Å². The van der Waals surface area contributed by atoms with Crippen LogP contribution in [0.15, 0.2) is 88.7 Å². The maximum Gasteiger partial charge on any atom is 0.255 e. The van der Waals surface area contributed by atoms with Crippen LogP contribution in [0.3, 0.4) is 0 Å². The van der Waals surface area contributed by atoms with Crippen molar-refractivity contribution in [3.05, 3.63) is 90.0 Å². The van der Waals surface area contributed by atoms with Gasteiger partial charge in [0, 0.05) is 17.0 Å². The number of thioether (sulfide) groups is 1. The Bertz CT molecular complexity index is 1180. The molecule has 0 radical (unpaired) electrons. The number of sulfonamides is 1. The highest BCUT2D eigenvalue weighted by atomic mass is 32.2. The van der Waals surface area contributed by atoms with Crippen LogP contribution >= 0.6 is 11.8 Å². The molecule has 0 atom stereocenters. The first-order chi connectivity index (χ1) is 14.8. The van der Waals surface area contributed by atoms with Gasteiger partial charge in [0.1, 0.15) is 0 Å². The number of rotatable bonds is 9. The molecule has 4 N–H and O–H groups in total. The quantitative estimate of drug-likeness (QED) is 0.429. The second kappa shape index (κ2) is 10.3. The topological polar surface area (TPSA) is 118 Å². The number of carbonyl (C=O) groups is 2. The van der Waals surface area contributed by atoms with E-state index in [9.17, 15) is 18.0 Å². The summed E-state index contributed by atoms with van der Waals surface area (Å²) in [5, 5.41) is 2.76. The summed E-state index contributed by atoms with van der Waals surface area (Å²) >= 11 is 1.21. The minimum atomic E-state index is -3.80. The van der Waals surface area contributed by atoms with E-state index < -0.39 is 21.8 Å². The van der Waals surface area contributed by atoms with Crippen LogP contribution in [0.4, 0.5) is 5.69 Å². The van der Waals surface area contributed by atoms with Crippen molar-refractivity contribution >= 4 is 39.3 Å². The predicted octanol–water partition coefficient (Wildman–Crippen LogP) is 2.99. The molecule has 0 fully saturated rings. The van der Waals surface area contributed by atoms with E-state index in [-0.39, 0.29) is 22.8 Å². The molecule has 3 aromatic rings. The molecular formula is C22H21N3O4S2. The summed E-state index contributed by atoms with van der Waals surface area (Å²) in [5.41, 5.74) is 6.72. The third-order valence-corrected chi connectivity index (χ3v) is 6.72. The molecular weight excluding hydrogens is 434 g/mol. The van der Waals surface area contributed by atoms with Gasteiger partial charge >= 0.3 is 0 Å². The van der Waals surface area contributed by atoms with Crippen molar-refractivity contribution in [3.63, 3.8) is 0 Å². The Morgan fingerprint density at radius 2 is 1.61 bits per heavy atom. The highest BCUT2D eigenvalue weighted by Crippen LogP contribution is 2.27. The van der Waals surface area contributed by atoms with Gasteiger partial charge in [-0.1, -0.05) is 48.5 Å². The number of primary amides is 1. The van der Waals surface area contributed by atoms with Gasteiger partial charge < -0.3 is 11.1 Å². The van der Waals surface area contributed by atoms with Gasteiger partial charge in [-0.3, -0.25) is 9.59 Å². The van der Waals surface area contributed by atoms with E-state index >= 15 is 0 Å². The Hall–Kier alpha value is -3.14. The second-order valence-corrected chi connectivity index (χ2v) is 9.33. The average molecular weight is 456 g/mol. The van der Waals surface area contributed by atoms with Gasteiger partial charge in [0.25, 0.3) is 5.91 Å². The maximum atomic E-state index is 12.7. The highest BCUT2D eigenvalue weighted by molar-refractivity contribution is 8.00. The van der Waals surface area contributed by atoms with Crippen molar-refractivity contribution in [1.82, 2.24) is 4.72 Å². The molecule has 2 amide bonds. The fraction of sp³-hybridized carbons (Fsp3) is 0.0909. The van der Waals surface area contributed by atoms with Crippen LogP contribution in [-0.2, 0) is 21.4 Å². The lowest BCUT2D eigenvalue weighted by Gasteiger charge is -2.11. The summed E-state index contributed by atoms with van der Waals surface area (Å²) in [6.45, 7) is 0.143. The first-order valence-electron chi connectivity index (χ1n) is 9.30. The molecule has 0 saturated carbocycles. The number of amides is 2. The lowest BCUT2D eigenvalue weighted by molar-refractivity contribution is -0.115. The predicted molar refractivity (Wildman–Crippen MR) is 121 cm³/mol. The zero-order valence-electron chi connectivity index (χ0n) is 16.4. The largest absolute Gasteiger partial charge is 0.369 e. The number of nitrogens with two attached hydrogens (primary N) is 1. The fourth-order valence-corrected chi connectivity index (χ4v) is 4.51. The number of hydrogen-bond acceptors (Lipinski definition) is 5. The molecule has 0 heterocycles. The van der Waals surface area contributed by atoms with Gasteiger partial charge in [-0.2, -0.15) is 0 Å². The Balaban J connectivity index is 1.74. The van der Waals surface area contributed by atoms with Gasteiger partial charge in [0.15, 0.2) is 0 Å². The molecule has 0 unspecified atom stereocenters. The van der Waals surface area contributed by atoms with Crippen molar-refractivity contribution in [2.24, 2.45) is 5.73 Å². The SMILES string of the molecule is NC(=O)CSc1ccccc1NC(=O)c1cccc(S(=O)(=O)NCc2ccccc2)c1. The van der Waals surface area contributed by atoms with Crippen LogP contribution in [0, 0.1) is 0 Å². The molecule has 7 nitrogen and oxygen atoms in total. The number of hydrogen-bond donors (Lipinski definition) is 3. The zero-order valence-corrected chi connectivity index (χ0v) is 18.1. The van der Waals surface area contributed by atoms with Crippen LogP contribution in [0.1, 0.15) is 15.9 Å². The zero-order chi connectivity index (χ0) is 22.3.